The van der Waals surface area contributed by atoms with Crippen LogP contribution in [0, 0.1) is 5.92 Å². The third-order valence-corrected chi connectivity index (χ3v) is 3.78. The molecule has 1 fully saturated rings. The Bertz CT molecular complexity index is 503. The molecular weight excluding hydrogens is 283 g/mol. The number of anilines is 2. The lowest BCUT2D eigenvalue weighted by Gasteiger charge is -2.23. The van der Waals surface area contributed by atoms with E-state index in [9.17, 15) is 13.2 Å². The SMILES string of the molecule is CNc1cc(N2CC(C)C(N(C)C)C2)nc(C(F)(F)F)n1. The van der Waals surface area contributed by atoms with Gasteiger partial charge < -0.3 is 15.1 Å². The molecule has 1 aromatic rings. The first-order chi connectivity index (χ1) is 9.72. The number of likely N-dealkylation sites (N-methyl/N-ethyl adjacent to an activating group) is 1. The van der Waals surface area contributed by atoms with Gasteiger partial charge in [-0.2, -0.15) is 13.2 Å². The van der Waals surface area contributed by atoms with Gasteiger partial charge in [-0.15, -0.1) is 0 Å². The first-order valence-electron chi connectivity index (χ1n) is 6.77. The number of halogens is 3. The smallest absolute Gasteiger partial charge is 0.373 e. The second-order valence-corrected chi connectivity index (χ2v) is 5.60. The molecule has 1 saturated heterocycles. The highest BCUT2D eigenvalue weighted by atomic mass is 19.4. The van der Waals surface area contributed by atoms with Gasteiger partial charge in [-0.3, -0.25) is 0 Å². The Balaban J connectivity index is 2.32. The van der Waals surface area contributed by atoms with Gasteiger partial charge in [0.1, 0.15) is 11.6 Å². The van der Waals surface area contributed by atoms with E-state index in [1.165, 1.54) is 0 Å². The van der Waals surface area contributed by atoms with Gasteiger partial charge in [0, 0.05) is 32.2 Å². The monoisotopic (exact) mass is 303 g/mol. The van der Waals surface area contributed by atoms with E-state index in [2.05, 4.69) is 27.1 Å². The van der Waals surface area contributed by atoms with Crippen molar-refractivity contribution in [2.75, 3.05) is 44.4 Å². The van der Waals surface area contributed by atoms with Crippen LogP contribution in [0.3, 0.4) is 0 Å². The quantitative estimate of drug-likeness (QED) is 0.924. The molecular formula is C13H20F3N5. The summed E-state index contributed by atoms with van der Waals surface area (Å²) in [6, 6.07) is 1.85. The highest BCUT2D eigenvalue weighted by molar-refractivity contribution is 5.50. The third-order valence-electron chi connectivity index (χ3n) is 3.78. The summed E-state index contributed by atoms with van der Waals surface area (Å²) in [6.45, 7) is 3.43. The molecule has 0 amide bonds. The van der Waals surface area contributed by atoms with Gasteiger partial charge in [0.05, 0.1) is 0 Å². The van der Waals surface area contributed by atoms with E-state index >= 15 is 0 Å². The van der Waals surface area contributed by atoms with Gasteiger partial charge in [0.15, 0.2) is 0 Å². The first-order valence-corrected chi connectivity index (χ1v) is 6.77. The highest BCUT2D eigenvalue weighted by Gasteiger charge is 2.37. The molecule has 1 aromatic heterocycles. The zero-order chi connectivity index (χ0) is 15.8. The summed E-state index contributed by atoms with van der Waals surface area (Å²) in [5, 5.41) is 2.66. The van der Waals surface area contributed by atoms with Crippen molar-refractivity contribution in [1.29, 1.82) is 0 Å². The first kappa shape index (κ1) is 15.8. The lowest BCUT2D eigenvalue weighted by Crippen LogP contribution is -2.34. The lowest BCUT2D eigenvalue weighted by atomic mass is 10.1. The number of aromatic nitrogens is 2. The fourth-order valence-electron chi connectivity index (χ4n) is 2.66. The normalized spacial score (nSPS) is 23.0. The van der Waals surface area contributed by atoms with E-state index in [0.717, 1.165) is 0 Å². The Hall–Kier alpha value is -1.57. The van der Waals surface area contributed by atoms with Crippen molar-refractivity contribution in [2.24, 2.45) is 5.92 Å². The summed E-state index contributed by atoms with van der Waals surface area (Å²) in [6.07, 6.45) is -4.55. The molecule has 5 nitrogen and oxygen atoms in total. The summed E-state index contributed by atoms with van der Waals surface area (Å²) >= 11 is 0. The van der Waals surface area contributed by atoms with E-state index in [1.54, 1.807) is 13.1 Å². The Labute approximate surface area is 122 Å². The molecule has 2 heterocycles. The number of nitrogens with one attached hydrogen (secondary N) is 1. The molecule has 0 aromatic carbocycles. The second-order valence-electron chi connectivity index (χ2n) is 5.60. The van der Waals surface area contributed by atoms with E-state index < -0.39 is 12.0 Å². The molecule has 0 radical (unpaired) electrons. The second kappa shape index (κ2) is 5.67. The Morgan fingerprint density at radius 2 is 1.95 bits per heavy atom. The number of nitrogens with zero attached hydrogens (tertiary/aromatic N) is 4. The van der Waals surface area contributed by atoms with Crippen LogP contribution in [0.15, 0.2) is 6.07 Å². The number of rotatable bonds is 3. The summed E-state index contributed by atoms with van der Waals surface area (Å²) in [7, 11) is 5.50. The van der Waals surface area contributed by atoms with Crippen LogP contribution in [0.1, 0.15) is 12.7 Å². The highest BCUT2D eigenvalue weighted by Crippen LogP contribution is 2.31. The molecule has 2 atom stereocenters. The maximum Gasteiger partial charge on any atom is 0.451 e. The van der Waals surface area contributed by atoms with Gasteiger partial charge in [-0.05, 0) is 20.0 Å². The van der Waals surface area contributed by atoms with E-state index in [4.69, 9.17) is 0 Å². The lowest BCUT2D eigenvalue weighted by molar-refractivity contribution is -0.144. The molecule has 1 aliphatic heterocycles. The molecule has 0 saturated carbocycles. The number of alkyl halides is 3. The summed E-state index contributed by atoms with van der Waals surface area (Å²) < 4.78 is 38.6. The Morgan fingerprint density at radius 1 is 1.29 bits per heavy atom. The minimum absolute atomic E-state index is 0.174. The topological polar surface area (TPSA) is 44.3 Å². The minimum atomic E-state index is -4.55. The molecule has 2 rings (SSSR count). The van der Waals surface area contributed by atoms with Crippen molar-refractivity contribution >= 4 is 11.6 Å². The predicted octanol–water partition coefficient (Wildman–Crippen LogP) is 1.92. The van der Waals surface area contributed by atoms with Crippen molar-refractivity contribution in [3.63, 3.8) is 0 Å². The van der Waals surface area contributed by atoms with Crippen molar-refractivity contribution in [3.05, 3.63) is 11.9 Å². The number of hydrogen-bond acceptors (Lipinski definition) is 5. The Morgan fingerprint density at radius 3 is 2.43 bits per heavy atom. The van der Waals surface area contributed by atoms with Gasteiger partial charge in [-0.25, -0.2) is 9.97 Å². The van der Waals surface area contributed by atoms with E-state index in [0.29, 0.717) is 30.9 Å². The van der Waals surface area contributed by atoms with Crippen LogP contribution < -0.4 is 10.2 Å². The molecule has 1 aliphatic rings. The van der Waals surface area contributed by atoms with Crippen LogP contribution in [-0.4, -0.2) is 55.1 Å². The van der Waals surface area contributed by atoms with Crippen LogP contribution in [0.5, 0.6) is 0 Å². The average Bonchev–Trinajstić information content (AvgIpc) is 2.79. The van der Waals surface area contributed by atoms with Crippen LogP contribution >= 0.6 is 0 Å². The average molecular weight is 303 g/mol. The minimum Gasteiger partial charge on any atom is -0.373 e. The molecule has 2 unspecified atom stereocenters. The van der Waals surface area contributed by atoms with Crippen LogP contribution in [0.4, 0.5) is 24.8 Å². The molecule has 8 heteroatoms. The largest absolute Gasteiger partial charge is 0.451 e. The zero-order valence-corrected chi connectivity index (χ0v) is 12.6. The maximum atomic E-state index is 12.9. The number of hydrogen-bond donors (Lipinski definition) is 1. The van der Waals surface area contributed by atoms with Crippen molar-refractivity contribution in [1.82, 2.24) is 14.9 Å². The van der Waals surface area contributed by atoms with Crippen LogP contribution in [0.2, 0.25) is 0 Å². The van der Waals surface area contributed by atoms with E-state index in [-0.39, 0.29) is 5.82 Å². The van der Waals surface area contributed by atoms with Crippen LogP contribution in [-0.2, 0) is 6.18 Å². The molecule has 0 aliphatic carbocycles. The van der Waals surface area contributed by atoms with Gasteiger partial charge in [0.25, 0.3) is 0 Å². The van der Waals surface area contributed by atoms with Gasteiger partial charge >= 0.3 is 6.18 Å². The molecule has 1 N–H and O–H groups in total. The van der Waals surface area contributed by atoms with Crippen molar-refractivity contribution < 1.29 is 13.2 Å². The molecule has 21 heavy (non-hydrogen) atoms. The van der Waals surface area contributed by atoms with Crippen LogP contribution in [0.25, 0.3) is 0 Å². The van der Waals surface area contributed by atoms with Crippen molar-refractivity contribution in [2.45, 2.75) is 19.1 Å². The van der Waals surface area contributed by atoms with E-state index in [1.807, 2.05) is 19.0 Å². The summed E-state index contributed by atoms with van der Waals surface area (Å²) in [4.78, 5) is 11.2. The molecule has 118 valence electrons. The maximum absolute atomic E-state index is 12.9. The van der Waals surface area contributed by atoms with Crippen molar-refractivity contribution in [3.8, 4) is 0 Å². The third kappa shape index (κ3) is 3.37. The standard InChI is InChI=1S/C13H20F3N5/c1-8-6-21(7-9(8)20(3)4)11-5-10(17-2)18-12(19-11)13(14,15)16/h5,8-9H,6-7H2,1-4H3,(H,17,18,19). The Kier molecular flexibility index (Phi) is 4.27. The summed E-state index contributed by atoms with van der Waals surface area (Å²) in [5.74, 6) is -0.251. The molecule has 0 bridgehead atoms. The molecule has 0 spiro atoms. The zero-order valence-electron chi connectivity index (χ0n) is 12.6. The predicted molar refractivity (Wildman–Crippen MR) is 75.4 cm³/mol. The fourth-order valence-corrected chi connectivity index (χ4v) is 2.66. The fraction of sp³-hybridized carbons (Fsp3) is 0.692. The summed E-state index contributed by atoms with van der Waals surface area (Å²) in [5.41, 5.74) is 0. The van der Waals surface area contributed by atoms with Gasteiger partial charge in [-0.1, -0.05) is 6.92 Å². The van der Waals surface area contributed by atoms with Gasteiger partial charge in [0.2, 0.25) is 5.82 Å².